The van der Waals surface area contributed by atoms with Crippen LogP contribution in [-0.2, 0) is 0 Å². The van der Waals surface area contributed by atoms with Crippen LogP contribution in [-0.4, -0.2) is 29.0 Å². The van der Waals surface area contributed by atoms with Gasteiger partial charge < -0.3 is 16.1 Å². The molecule has 2 aromatic carbocycles. The monoisotopic (exact) mass is 457 g/mol. The molecule has 0 saturated carbocycles. The molecule has 6 heteroatoms. The summed E-state index contributed by atoms with van der Waals surface area (Å²) in [5.74, 6) is 6.02. The van der Waals surface area contributed by atoms with Crippen LogP contribution in [0.3, 0.4) is 0 Å². The van der Waals surface area contributed by atoms with Crippen molar-refractivity contribution in [2.45, 2.75) is 38.5 Å². The highest BCUT2D eigenvalue weighted by atomic mass is 16.1. The molecule has 0 aliphatic carbocycles. The Kier molecular flexibility index (Phi) is 10.1. The number of carbonyl (C=O) groups is 1. The zero-order chi connectivity index (χ0) is 24.0. The molecule has 3 aromatic rings. The third-order valence-electron chi connectivity index (χ3n) is 5.68. The number of pyridine rings is 1. The molecular formula is C28H35N5O. The molecule has 3 rings (SSSR count). The minimum atomic E-state index is -0.0129. The number of amides is 1. The summed E-state index contributed by atoms with van der Waals surface area (Å²) in [6, 6.07) is 21.5. The van der Waals surface area contributed by atoms with Crippen molar-refractivity contribution in [3.8, 4) is 11.1 Å². The topological polar surface area (TPSA) is 97.3 Å². The van der Waals surface area contributed by atoms with Crippen LogP contribution in [0.1, 0.15) is 54.4 Å². The second-order valence-electron chi connectivity index (χ2n) is 8.35. The maximum Gasteiger partial charge on any atom is 0.251 e. The zero-order valence-corrected chi connectivity index (χ0v) is 19.7. The standard InChI is InChI=1S/C28H35N5O/c29-27(24-15-12-18-31-21-24)22-33(30)20-11-4-2-1-3-10-19-32-28(34)26-17-9-8-16-25(26)23-13-6-5-7-14-23/h5-9,12-18,21-22H,1-4,10-11,19-20,29-30H2,(H,32,34)/b27-22-. The Labute approximate surface area is 202 Å². The van der Waals surface area contributed by atoms with Crippen molar-refractivity contribution < 1.29 is 4.79 Å². The average Bonchev–Trinajstić information content (AvgIpc) is 2.88. The molecular weight excluding hydrogens is 422 g/mol. The van der Waals surface area contributed by atoms with E-state index in [1.807, 2.05) is 66.7 Å². The molecule has 178 valence electrons. The lowest BCUT2D eigenvalue weighted by Gasteiger charge is -2.15. The summed E-state index contributed by atoms with van der Waals surface area (Å²) in [7, 11) is 0. The van der Waals surface area contributed by atoms with E-state index in [4.69, 9.17) is 11.6 Å². The number of nitrogens with two attached hydrogens (primary N) is 2. The zero-order valence-electron chi connectivity index (χ0n) is 19.7. The van der Waals surface area contributed by atoms with E-state index in [0.717, 1.165) is 67.3 Å². The number of unbranched alkanes of at least 4 members (excludes halogenated alkanes) is 5. The molecule has 34 heavy (non-hydrogen) atoms. The van der Waals surface area contributed by atoms with Gasteiger partial charge in [0.2, 0.25) is 0 Å². The lowest BCUT2D eigenvalue weighted by Crippen LogP contribution is -2.27. The van der Waals surface area contributed by atoms with E-state index in [-0.39, 0.29) is 5.91 Å². The van der Waals surface area contributed by atoms with E-state index < -0.39 is 0 Å². The summed E-state index contributed by atoms with van der Waals surface area (Å²) in [5, 5.41) is 4.72. The van der Waals surface area contributed by atoms with E-state index >= 15 is 0 Å². The van der Waals surface area contributed by atoms with Gasteiger partial charge in [0.25, 0.3) is 5.91 Å². The van der Waals surface area contributed by atoms with Crippen molar-refractivity contribution in [1.29, 1.82) is 0 Å². The Morgan fingerprint density at radius 3 is 2.35 bits per heavy atom. The van der Waals surface area contributed by atoms with Gasteiger partial charge in [-0.3, -0.25) is 9.78 Å². The molecule has 0 unspecified atom stereocenters. The van der Waals surface area contributed by atoms with Gasteiger partial charge in [0, 0.05) is 42.8 Å². The number of carbonyl (C=O) groups excluding carboxylic acids is 1. The smallest absolute Gasteiger partial charge is 0.251 e. The molecule has 0 radical (unpaired) electrons. The van der Waals surface area contributed by atoms with Crippen LogP contribution in [0, 0.1) is 0 Å². The number of nitrogens with zero attached hydrogens (tertiary/aromatic N) is 2. The number of benzene rings is 2. The normalized spacial score (nSPS) is 11.3. The first kappa shape index (κ1) is 25.0. The number of aromatic nitrogens is 1. The quantitative estimate of drug-likeness (QED) is 0.192. The Balaban J connectivity index is 1.28. The highest BCUT2D eigenvalue weighted by Gasteiger charge is 2.11. The molecule has 0 atom stereocenters. The maximum absolute atomic E-state index is 12.7. The van der Waals surface area contributed by atoms with Gasteiger partial charge in [-0.15, -0.1) is 0 Å². The Morgan fingerprint density at radius 2 is 1.59 bits per heavy atom. The predicted molar refractivity (Wildman–Crippen MR) is 139 cm³/mol. The summed E-state index contributed by atoms with van der Waals surface area (Å²) >= 11 is 0. The summed E-state index contributed by atoms with van der Waals surface area (Å²) in [5.41, 5.74) is 10.3. The summed E-state index contributed by atoms with van der Waals surface area (Å²) in [6.07, 6.45) is 11.7. The average molecular weight is 458 g/mol. The molecule has 0 spiro atoms. The minimum Gasteiger partial charge on any atom is -0.397 e. The highest BCUT2D eigenvalue weighted by Crippen LogP contribution is 2.23. The van der Waals surface area contributed by atoms with E-state index in [1.165, 1.54) is 0 Å². The molecule has 0 saturated heterocycles. The van der Waals surface area contributed by atoms with E-state index in [2.05, 4.69) is 10.3 Å². The summed E-state index contributed by atoms with van der Waals surface area (Å²) in [6.45, 7) is 1.45. The third kappa shape index (κ3) is 8.05. The molecule has 5 N–H and O–H groups in total. The van der Waals surface area contributed by atoms with Crippen LogP contribution in [0.5, 0.6) is 0 Å². The Hall–Kier alpha value is -3.64. The number of rotatable bonds is 13. The van der Waals surface area contributed by atoms with Crippen molar-refractivity contribution in [2.24, 2.45) is 11.6 Å². The van der Waals surface area contributed by atoms with E-state index in [1.54, 1.807) is 23.6 Å². The van der Waals surface area contributed by atoms with Crippen LogP contribution in [0.4, 0.5) is 0 Å². The number of hydrogen-bond donors (Lipinski definition) is 3. The van der Waals surface area contributed by atoms with Crippen molar-refractivity contribution in [3.05, 3.63) is 96.5 Å². The first-order valence-electron chi connectivity index (χ1n) is 12.0. The number of nitrogens with one attached hydrogen (secondary N) is 1. The van der Waals surface area contributed by atoms with Crippen LogP contribution in [0.2, 0.25) is 0 Å². The van der Waals surface area contributed by atoms with Gasteiger partial charge in [0.05, 0.1) is 5.70 Å². The van der Waals surface area contributed by atoms with Crippen molar-refractivity contribution >= 4 is 11.6 Å². The molecule has 1 heterocycles. The number of hydrogen-bond acceptors (Lipinski definition) is 5. The van der Waals surface area contributed by atoms with E-state index in [0.29, 0.717) is 12.2 Å². The molecule has 1 amide bonds. The van der Waals surface area contributed by atoms with Crippen LogP contribution < -0.4 is 16.9 Å². The second-order valence-corrected chi connectivity index (χ2v) is 8.35. The Bertz CT molecular complexity index is 1040. The van der Waals surface area contributed by atoms with Crippen LogP contribution in [0.25, 0.3) is 16.8 Å². The molecule has 0 fully saturated rings. The van der Waals surface area contributed by atoms with Crippen molar-refractivity contribution in [2.75, 3.05) is 13.1 Å². The highest BCUT2D eigenvalue weighted by molar-refractivity contribution is 6.00. The summed E-state index contributed by atoms with van der Waals surface area (Å²) < 4.78 is 0. The van der Waals surface area contributed by atoms with Gasteiger partial charge in [-0.25, -0.2) is 5.84 Å². The van der Waals surface area contributed by atoms with Gasteiger partial charge >= 0.3 is 0 Å². The SMILES string of the molecule is N/C(=C\N(N)CCCCCCCCNC(=O)c1ccccc1-c1ccccc1)c1cccnc1. The minimum absolute atomic E-state index is 0.0129. The fraction of sp³-hybridized carbons (Fsp3) is 0.286. The molecule has 6 nitrogen and oxygen atoms in total. The molecule has 1 aromatic heterocycles. The van der Waals surface area contributed by atoms with Crippen molar-refractivity contribution in [3.63, 3.8) is 0 Å². The van der Waals surface area contributed by atoms with E-state index in [9.17, 15) is 4.79 Å². The summed E-state index contributed by atoms with van der Waals surface area (Å²) in [4.78, 5) is 16.8. The van der Waals surface area contributed by atoms with Gasteiger partial charge in [0.1, 0.15) is 0 Å². The fourth-order valence-corrected chi connectivity index (χ4v) is 3.83. The fourth-order valence-electron chi connectivity index (χ4n) is 3.83. The van der Waals surface area contributed by atoms with Gasteiger partial charge in [0.15, 0.2) is 0 Å². The predicted octanol–water partition coefficient (Wildman–Crippen LogP) is 4.95. The van der Waals surface area contributed by atoms with Crippen LogP contribution >= 0.6 is 0 Å². The lowest BCUT2D eigenvalue weighted by atomic mass is 9.99. The molecule has 0 aliphatic heterocycles. The second kappa shape index (κ2) is 13.8. The molecule has 0 aliphatic rings. The lowest BCUT2D eigenvalue weighted by molar-refractivity contribution is 0.0953. The van der Waals surface area contributed by atoms with Crippen molar-refractivity contribution in [1.82, 2.24) is 15.3 Å². The first-order valence-corrected chi connectivity index (χ1v) is 12.0. The third-order valence-corrected chi connectivity index (χ3v) is 5.68. The maximum atomic E-state index is 12.7. The first-order chi connectivity index (χ1) is 16.6. The largest absolute Gasteiger partial charge is 0.397 e. The van der Waals surface area contributed by atoms with Gasteiger partial charge in [-0.05, 0) is 42.2 Å². The Morgan fingerprint density at radius 1 is 0.882 bits per heavy atom. The van der Waals surface area contributed by atoms with Crippen LogP contribution in [0.15, 0.2) is 85.3 Å². The van der Waals surface area contributed by atoms with Gasteiger partial charge in [-0.2, -0.15) is 0 Å². The molecule has 0 bridgehead atoms. The number of hydrazine groups is 1. The van der Waals surface area contributed by atoms with Gasteiger partial charge in [-0.1, -0.05) is 74.2 Å².